The molecule has 0 aromatic heterocycles. The molecule has 0 heterocycles. The molecule has 0 spiro atoms. The summed E-state index contributed by atoms with van der Waals surface area (Å²) in [4.78, 5) is 12.0. The Labute approximate surface area is 111 Å². The summed E-state index contributed by atoms with van der Waals surface area (Å²) < 4.78 is 0. The van der Waals surface area contributed by atoms with Crippen molar-refractivity contribution in [1.29, 1.82) is 0 Å². The van der Waals surface area contributed by atoms with Crippen LogP contribution in [0.25, 0.3) is 0 Å². The van der Waals surface area contributed by atoms with Crippen molar-refractivity contribution in [3.63, 3.8) is 0 Å². The van der Waals surface area contributed by atoms with Gasteiger partial charge in [-0.05, 0) is 37.5 Å². The summed E-state index contributed by atoms with van der Waals surface area (Å²) in [6.07, 6.45) is 7.84. The summed E-state index contributed by atoms with van der Waals surface area (Å²) in [6, 6.07) is 0. The second kappa shape index (κ2) is 6.93. The molecule has 0 radical (unpaired) electrons. The zero-order chi connectivity index (χ0) is 13.6. The molecular formula is C15H28N2O. The molecular weight excluding hydrogens is 224 g/mol. The predicted molar refractivity (Wildman–Crippen MR) is 76.2 cm³/mol. The minimum absolute atomic E-state index is 0.0532. The average Bonchev–Trinajstić information content (AvgIpc) is 2.77. The fourth-order valence-corrected chi connectivity index (χ4v) is 2.48. The van der Waals surface area contributed by atoms with Crippen molar-refractivity contribution < 1.29 is 4.79 Å². The summed E-state index contributed by atoms with van der Waals surface area (Å²) in [5.74, 6) is 0.0635. The van der Waals surface area contributed by atoms with Crippen molar-refractivity contribution in [3.05, 3.63) is 11.6 Å². The van der Waals surface area contributed by atoms with Gasteiger partial charge in [0.2, 0.25) is 5.91 Å². The topological polar surface area (TPSA) is 55.1 Å². The average molecular weight is 252 g/mol. The lowest BCUT2D eigenvalue weighted by Gasteiger charge is -2.24. The van der Waals surface area contributed by atoms with Gasteiger partial charge in [0, 0.05) is 13.1 Å². The molecule has 1 aliphatic carbocycles. The van der Waals surface area contributed by atoms with Gasteiger partial charge >= 0.3 is 0 Å². The van der Waals surface area contributed by atoms with E-state index < -0.39 is 0 Å². The number of nitrogens with two attached hydrogens (primary N) is 1. The van der Waals surface area contributed by atoms with Crippen LogP contribution in [-0.2, 0) is 4.79 Å². The maximum Gasteiger partial charge on any atom is 0.224 e. The minimum atomic E-state index is -0.0532. The molecule has 1 aliphatic rings. The van der Waals surface area contributed by atoms with E-state index in [0.29, 0.717) is 6.54 Å². The first-order valence-corrected chi connectivity index (χ1v) is 7.08. The van der Waals surface area contributed by atoms with Crippen molar-refractivity contribution in [2.75, 3.05) is 13.1 Å². The quantitative estimate of drug-likeness (QED) is 0.714. The number of allylic oxidation sites excluding steroid dienone is 1. The molecule has 1 atom stereocenters. The first kappa shape index (κ1) is 15.2. The van der Waals surface area contributed by atoms with Crippen LogP contribution in [0.2, 0.25) is 0 Å². The zero-order valence-electron chi connectivity index (χ0n) is 12.1. The van der Waals surface area contributed by atoms with Crippen LogP contribution in [0, 0.1) is 11.3 Å². The Morgan fingerprint density at radius 2 is 2.22 bits per heavy atom. The molecule has 0 aliphatic heterocycles. The molecule has 0 saturated carbocycles. The summed E-state index contributed by atoms with van der Waals surface area (Å²) in [5.41, 5.74) is 7.35. The number of hydrogen-bond donors (Lipinski definition) is 2. The van der Waals surface area contributed by atoms with Crippen LogP contribution in [0.4, 0.5) is 0 Å². The minimum Gasteiger partial charge on any atom is -0.356 e. The molecule has 104 valence electrons. The summed E-state index contributed by atoms with van der Waals surface area (Å²) in [5, 5.41) is 3.02. The number of amides is 1. The Morgan fingerprint density at radius 1 is 1.50 bits per heavy atom. The molecule has 0 aromatic carbocycles. The SMILES string of the molecule is CC(C)(C)CC(CN)C(=O)NCCC1=CCCC1. The van der Waals surface area contributed by atoms with E-state index in [9.17, 15) is 4.79 Å². The highest BCUT2D eigenvalue weighted by Gasteiger charge is 2.23. The van der Waals surface area contributed by atoms with E-state index in [1.807, 2.05) is 0 Å². The summed E-state index contributed by atoms with van der Waals surface area (Å²) in [7, 11) is 0. The highest BCUT2D eigenvalue weighted by atomic mass is 16.1. The van der Waals surface area contributed by atoms with Gasteiger partial charge in [-0.25, -0.2) is 0 Å². The monoisotopic (exact) mass is 252 g/mol. The van der Waals surface area contributed by atoms with Crippen LogP contribution < -0.4 is 11.1 Å². The Hall–Kier alpha value is -0.830. The van der Waals surface area contributed by atoms with Crippen molar-refractivity contribution in [2.45, 2.75) is 52.9 Å². The highest BCUT2D eigenvalue weighted by molar-refractivity contribution is 5.78. The van der Waals surface area contributed by atoms with Crippen molar-refractivity contribution in [3.8, 4) is 0 Å². The van der Waals surface area contributed by atoms with Crippen molar-refractivity contribution in [2.24, 2.45) is 17.1 Å². The molecule has 3 N–H and O–H groups in total. The molecule has 0 saturated heterocycles. The molecule has 1 rings (SSSR count). The molecule has 0 fully saturated rings. The van der Waals surface area contributed by atoms with Gasteiger partial charge in [0.25, 0.3) is 0 Å². The van der Waals surface area contributed by atoms with Crippen LogP contribution in [-0.4, -0.2) is 19.0 Å². The molecule has 18 heavy (non-hydrogen) atoms. The van der Waals surface area contributed by atoms with E-state index in [4.69, 9.17) is 5.73 Å². The summed E-state index contributed by atoms with van der Waals surface area (Å²) in [6.45, 7) is 7.63. The Bertz CT molecular complexity index is 302. The third kappa shape index (κ3) is 5.67. The van der Waals surface area contributed by atoms with Crippen molar-refractivity contribution >= 4 is 5.91 Å². The number of carbonyl (C=O) groups is 1. The smallest absolute Gasteiger partial charge is 0.224 e. The molecule has 0 aromatic rings. The molecule has 1 unspecified atom stereocenters. The van der Waals surface area contributed by atoms with Crippen LogP contribution in [0.3, 0.4) is 0 Å². The lowest BCUT2D eigenvalue weighted by molar-refractivity contribution is -0.125. The molecule has 0 bridgehead atoms. The van der Waals surface area contributed by atoms with Gasteiger partial charge in [-0.2, -0.15) is 0 Å². The fraction of sp³-hybridized carbons (Fsp3) is 0.800. The van der Waals surface area contributed by atoms with Gasteiger partial charge < -0.3 is 11.1 Å². The van der Waals surface area contributed by atoms with Gasteiger partial charge in [0.05, 0.1) is 5.92 Å². The van der Waals surface area contributed by atoms with Gasteiger partial charge in [0.15, 0.2) is 0 Å². The maximum absolute atomic E-state index is 12.0. The number of rotatable bonds is 6. The maximum atomic E-state index is 12.0. The van der Waals surface area contributed by atoms with E-state index in [0.717, 1.165) is 19.4 Å². The van der Waals surface area contributed by atoms with E-state index in [1.165, 1.54) is 24.8 Å². The number of hydrogen-bond acceptors (Lipinski definition) is 2. The molecule has 1 amide bonds. The van der Waals surface area contributed by atoms with Crippen LogP contribution in [0.1, 0.15) is 52.9 Å². The largest absolute Gasteiger partial charge is 0.356 e. The number of nitrogens with one attached hydrogen (secondary N) is 1. The highest BCUT2D eigenvalue weighted by Crippen LogP contribution is 2.24. The van der Waals surface area contributed by atoms with Gasteiger partial charge in [0.1, 0.15) is 0 Å². The lowest BCUT2D eigenvalue weighted by Crippen LogP contribution is -2.37. The zero-order valence-corrected chi connectivity index (χ0v) is 12.1. The number of carbonyl (C=O) groups excluding carboxylic acids is 1. The predicted octanol–water partition coefficient (Wildman–Crippen LogP) is 2.61. The Morgan fingerprint density at radius 3 is 2.72 bits per heavy atom. The van der Waals surface area contributed by atoms with Crippen LogP contribution >= 0.6 is 0 Å². The van der Waals surface area contributed by atoms with E-state index in [-0.39, 0.29) is 17.2 Å². The molecule has 3 nitrogen and oxygen atoms in total. The van der Waals surface area contributed by atoms with Crippen LogP contribution in [0.5, 0.6) is 0 Å². The lowest BCUT2D eigenvalue weighted by atomic mass is 9.84. The second-order valence-electron chi connectivity index (χ2n) is 6.49. The second-order valence-corrected chi connectivity index (χ2v) is 6.49. The standard InChI is InChI=1S/C15H28N2O/c1-15(2,3)10-13(11-16)14(18)17-9-8-12-6-4-5-7-12/h6,13H,4-5,7-11,16H2,1-3H3,(H,17,18). The van der Waals surface area contributed by atoms with Gasteiger partial charge in [-0.3, -0.25) is 4.79 Å². The van der Waals surface area contributed by atoms with Crippen LogP contribution in [0.15, 0.2) is 11.6 Å². The third-order valence-corrected chi connectivity index (χ3v) is 3.39. The normalized spacial score (nSPS) is 17.4. The van der Waals surface area contributed by atoms with Crippen molar-refractivity contribution in [1.82, 2.24) is 5.32 Å². The fourth-order valence-electron chi connectivity index (χ4n) is 2.48. The Balaban J connectivity index is 2.28. The first-order valence-electron chi connectivity index (χ1n) is 7.08. The Kier molecular flexibility index (Phi) is 5.86. The van der Waals surface area contributed by atoms with Gasteiger partial charge in [-0.15, -0.1) is 0 Å². The van der Waals surface area contributed by atoms with E-state index >= 15 is 0 Å². The third-order valence-electron chi connectivity index (χ3n) is 3.39. The first-order chi connectivity index (χ1) is 8.42. The summed E-state index contributed by atoms with van der Waals surface area (Å²) >= 11 is 0. The van der Waals surface area contributed by atoms with E-state index in [2.05, 4.69) is 32.2 Å². The van der Waals surface area contributed by atoms with E-state index in [1.54, 1.807) is 0 Å². The van der Waals surface area contributed by atoms with Gasteiger partial charge in [-0.1, -0.05) is 32.4 Å². The molecule has 3 heteroatoms.